The van der Waals surface area contributed by atoms with Gasteiger partial charge in [-0.15, -0.1) is 0 Å². The van der Waals surface area contributed by atoms with Gasteiger partial charge < -0.3 is 14.8 Å². The van der Waals surface area contributed by atoms with E-state index in [2.05, 4.69) is 5.32 Å². The predicted molar refractivity (Wildman–Crippen MR) is 83.4 cm³/mol. The summed E-state index contributed by atoms with van der Waals surface area (Å²) < 4.78 is 49.0. The zero-order valence-corrected chi connectivity index (χ0v) is 13.2. The van der Waals surface area contributed by atoms with Gasteiger partial charge in [0.1, 0.15) is 5.56 Å². The number of benzene rings is 2. The molecule has 0 saturated heterocycles. The first-order valence-corrected chi connectivity index (χ1v) is 7.24. The van der Waals surface area contributed by atoms with Crippen molar-refractivity contribution in [2.75, 3.05) is 12.1 Å². The summed E-state index contributed by atoms with van der Waals surface area (Å²) in [6.45, 7) is 1.14. The predicted octanol–water partition coefficient (Wildman–Crippen LogP) is 3.90. The number of nitrogens with one attached hydrogen (secondary N) is 1. The molecule has 7 nitrogen and oxygen atoms in total. The Labute approximate surface area is 144 Å². The first-order chi connectivity index (χ1) is 12.2. The highest BCUT2D eigenvalue weighted by Crippen LogP contribution is 2.38. The van der Waals surface area contributed by atoms with Crippen LogP contribution in [0.1, 0.15) is 21.5 Å². The minimum Gasteiger partial charge on any atom is -0.454 e. The summed E-state index contributed by atoms with van der Waals surface area (Å²) in [6, 6.07) is 5.40. The fourth-order valence-corrected chi connectivity index (χ4v) is 2.47. The number of fused-ring (bicyclic) bond motifs is 1. The summed E-state index contributed by atoms with van der Waals surface area (Å²) in [5, 5.41) is 13.4. The SMILES string of the molecule is Cc1ccc(NC(=O)c2cc3c(cc2[N+](=O)[O-])OCO3)cc1C(F)(F)F. The van der Waals surface area contributed by atoms with E-state index >= 15 is 0 Å². The van der Waals surface area contributed by atoms with E-state index in [0.717, 1.165) is 18.2 Å². The highest BCUT2D eigenvalue weighted by Gasteiger charge is 2.33. The number of carbonyl (C=O) groups excluding carboxylic acids is 1. The Morgan fingerprint density at radius 3 is 2.46 bits per heavy atom. The lowest BCUT2D eigenvalue weighted by Crippen LogP contribution is -2.15. The summed E-state index contributed by atoms with van der Waals surface area (Å²) >= 11 is 0. The molecular formula is C16H11F3N2O5. The maximum atomic E-state index is 13.0. The molecule has 2 aromatic rings. The van der Waals surface area contributed by atoms with Crippen molar-refractivity contribution >= 4 is 17.3 Å². The number of nitrogens with zero attached hydrogens (tertiary/aromatic N) is 1. The minimum atomic E-state index is -4.59. The summed E-state index contributed by atoms with van der Waals surface area (Å²) in [5.41, 5.74) is -1.96. The first-order valence-electron chi connectivity index (χ1n) is 7.24. The molecule has 1 heterocycles. The van der Waals surface area contributed by atoms with Crippen molar-refractivity contribution in [3.63, 3.8) is 0 Å². The standard InChI is InChI=1S/C16H11F3N2O5/c1-8-2-3-9(4-11(8)16(17,18)19)20-15(22)10-5-13-14(26-7-25-13)6-12(10)21(23)24/h2-6H,7H2,1H3,(H,20,22). The largest absolute Gasteiger partial charge is 0.454 e. The van der Waals surface area contributed by atoms with Crippen molar-refractivity contribution < 1.29 is 32.4 Å². The second-order valence-electron chi connectivity index (χ2n) is 5.46. The monoisotopic (exact) mass is 368 g/mol. The molecule has 0 bridgehead atoms. The van der Waals surface area contributed by atoms with Crippen molar-refractivity contribution in [3.8, 4) is 11.5 Å². The Bertz CT molecular complexity index is 911. The molecule has 0 atom stereocenters. The molecule has 0 aliphatic carbocycles. The molecule has 0 saturated carbocycles. The maximum Gasteiger partial charge on any atom is 0.416 e. The Balaban J connectivity index is 1.95. The van der Waals surface area contributed by atoms with Crippen LogP contribution in [-0.2, 0) is 6.18 Å². The number of hydrogen-bond donors (Lipinski definition) is 1. The summed E-state index contributed by atoms with van der Waals surface area (Å²) in [7, 11) is 0. The van der Waals surface area contributed by atoms with Gasteiger partial charge in [0, 0.05) is 11.8 Å². The number of nitro benzene ring substituents is 1. The molecule has 1 aliphatic heterocycles. The fraction of sp³-hybridized carbons (Fsp3) is 0.188. The zero-order chi connectivity index (χ0) is 19.1. The second kappa shape index (κ2) is 6.21. The number of ether oxygens (including phenoxy) is 2. The van der Waals surface area contributed by atoms with Gasteiger partial charge in [-0.2, -0.15) is 13.2 Å². The minimum absolute atomic E-state index is 0.00967. The van der Waals surface area contributed by atoms with Gasteiger partial charge in [0.2, 0.25) is 6.79 Å². The summed E-state index contributed by atoms with van der Waals surface area (Å²) in [4.78, 5) is 22.8. The normalized spacial score (nSPS) is 12.8. The molecule has 10 heteroatoms. The van der Waals surface area contributed by atoms with Gasteiger partial charge in [0.05, 0.1) is 16.6 Å². The van der Waals surface area contributed by atoms with Crippen LogP contribution in [0.25, 0.3) is 0 Å². The van der Waals surface area contributed by atoms with E-state index in [1.165, 1.54) is 19.1 Å². The van der Waals surface area contributed by atoms with Gasteiger partial charge >= 0.3 is 6.18 Å². The fourth-order valence-electron chi connectivity index (χ4n) is 2.47. The molecule has 0 aromatic heterocycles. The number of nitro groups is 1. The number of anilines is 1. The van der Waals surface area contributed by atoms with Gasteiger partial charge in [-0.25, -0.2) is 0 Å². The molecule has 0 radical (unpaired) electrons. The third-order valence-electron chi connectivity index (χ3n) is 3.73. The third-order valence-corrected chi connectivity index (χ3v) is 3.73. The molecule has 1 aliphatic rings. The van der Waals surface area contributed by atoms with E-state index in [-0.39, 0.29) is 35.1 Å². The molecule has 136 valence electrons. The Hall–Kier alpha value is -3.30. The van der Waals surface area contributed by atoms with Crippen LogP contribution in [0.15, 0.2) is 30.3 Å². The van der Waals surface area contributed by atoms with Crippen LogP contribution in [0.5, 0.6) is 11.5 Å². The Kier molecular flexibility index (Phi) is 4.18. The summed E-state index contributed by atoms with van der Waals surface area (Å²) in [5.74, 6) is -0.685. The molecule has 0 unspecified atom stereocenters. The van der Waals surface area contributed by atoms with Gasteiger partial charge in [-0.1, -0.05) is 6.07 Å². The van der Waals surface area contributed by atoms with Crippen molar-refractivity contribution in [1.82, 2.24) is 0 Å². The highest BCUT2D eigenvalue weighted by molar-refractivity contribution is 6.07. The number of halogens is 3. The average Bonchev–Trinajstić information content (AvgIpc) is 3.01. The number of carbonyl (C=O) groups is 1. The van der Waals surface area contributed by atoms with Gasteiger partial charge in [-0.3, -0.25) is 14.9 Å². The van der Waals surface area contributed by atoms with Crippen LogP contribution >= 0.6 is 0 Å². The highest BCUT2D eigenvalue weighted by atomic mass is 19.4. The van der Waals surface area contributed by atoms with E-state index in [1.807, 2.05) is 0 Å². The van der Waals surface area contributed by atoms with Crippen LogP contribution in [0.2, 0.25) is 0 Å². The number of amides is 1. The average molecular weight is 368 g/mol. The van der Waals surface area contributed by atoms with Crippen molar-refractivity contribution in [2.45, 2.75) is 13.1 Å². The van der Waals surface area contributed by atoms with Crippen molar-refractivity contribution in [3.05, 3.63) is 57.1 Å². The Morgan fingerprint density at radius 2 is 1.85 bits per heavy atom. The molecule has 26 heavy (non-hydrogen) atoms. The first kappa shape index (κ1) is 17.5. The molecule has 1 N–H and O–H groups in total. The molecule has 3 rings (SSSR count). The number of hydrogen-bond acceptors (Lipinski definition) is 5. The van der Waals surface area contributed by atoms with Crippen molar-refractivity contribution in [1.29, 1.82) is 0 Å². The van der Waals surface area contributed by atoms with Crippen LogP contribution in [0.3, 0.4) is 0 Å². The van der Waals surface area contributed by atoms with E-state index < -0.39 is 28.3 Å². The number of aryl methyl sites for hydroxylation is 1. The van der Waals surface area contributed by atoms with E-state index in [1.54, 1.807) is 0 Å². The van der Waals surface area contributed by atoms with Gasteiger partial charge in [0.15, 0.2) is 11.5 Å². The third kappa shape index (κ3) is 3.25. The van der Waals surface area contributed by atoms with E-state index in [0.29, 0.717) is 0 Å². The summed E-state index contributed by atoms with van der Waals surface area (Å²) in [6.07, 6.45) is -4.59. The molecule has 1 amide bonds. The van der Waals surface area contributed by atoms with E-state index in [9.17, 15) is 28.1 Å². The van der Waals surface area contributed by atoms with Crippen LogP contribution in [0, 0.1) is 17.0 Å². The van der Waals surface area contributed by atoms with Crippen molar-refractivity contribution in [2.24, 2.45) is 0 Å². The van der Waals surface area contributed by atoms with Gasteiger partial charge in [-0.05, 0) is 24.6 Å². The maximum absolute atomic E-state index is 13.0. The van der Waals surface area contributed by atoms with Crippen LogP contribution in [0.4, 0.5) is 24.5 Å². The second-order valence-corrected chi connectivity index (χ2v) is 5.46. The lowest BCUT2D eigenvalue weighted by atomic mass is 10.1. The number of rotatable bonds is 3. The topological polar surface area (TPSA) is 90.7 Å². The molecule has 0 spiro atoms. The molecule has 0 fully saturated rings. The smallest absolute Gasteiger partial charge is 0.416 e. The zero-order valence-electron chi connectivity index (χ0n) is 13.2. The van der Waals surface area contributed by atoms with Crippen LogP contribution < -0.4 is 14.8 Å². The number of alkyl halides is 3. The lowest BCUT2D eigenvalue weighted by molar-refractivity contribution is -0.385. The van der Waals surface area contributed by atoms with Crippen LogP contribution in [-0.4, -0.2) is 17.6 Å². The molecule has 2 aromatic carbocycles. The Morgan fingerprint density at radius 1 is 1.19 bits per heavy atom. The quantitative estimate of drug-likeness (QED) is 0.655. The van der Waals surface area contributed by atoms with Gasteiger partial charge in [0.25, 0.3) is 11.6 Å². The van der Waals surface area contributed by atoms with E-state index in [4.69, 9.17) is 9.47 Å². The molecular weight excluding hydrogens is 357 g/mol. The lowest BCUT2D eigenvalue weighted by Gasteiger charge is -2.13.